The molecule has 3 aromatic heterocycles. The van der Waals surface area contributed by atoms with Crippen molar-refractivity contribution in [1.82, 2.24) is 9.97 Å². The fourth-order valence-electron chi connectivity index (χ4n) is 2.87. The van der Waals surface area contributed by atoms with Gasteiger partial charge in [-0.1, -0.05) is 6.92 Å². The van der Waals surface area contributed by atoms with Gasteiger partial charge in [0.25, 0.3) is 0 Å². The van der Waals surface area contributed by atoms with Gasteiger partial charge >= 0.3 is 11.9 Å². The highest BCUT2D eigenvalue weighted by Gasteiger charge is 2.24. The van der Waals surface area contributed by atoms with Gasteiger partial charge in [0.1, 0.15) is 22.0 Å². The summed E-state index contributed by atoms with van der Waals surface area (Å²) in [5.41, 5.74) is 7.43. The van der Waals surface area contributed by atoms with E-state index in [1.165, 1.54) is 11.3 Å². The van der Waals surface area contributed by atoms with Crippen LogP contribution in [0.1, 0.15) is 55.9 Å². The minimum atomic E-state index is -0.548. The number of fused-ring (bicyclic) bond motifs is 1. The van der Waals surface area contributed by atoms with Crippen LogP contribution in [-0.2, 0) is 22.5 Å². The zero-order valence-corrected chi connectivity index (χ0v) is 16.9. The van der Waals surface area contributed by atoms with Crippen LogP contribution < -0.4 is 5.73 Å². The van der Waals surface area contributed by atoms with Crippen LogP contribution >= 0.6 is 11.3 Å². The van der Waals surface area contributed by atoms with Gasteiger partial charge in [-0.05, 0) is 38.8 Å². The van der Waals surface area contributed by atoms with Crippen LogP contribution in [0.3, 0.4) is 0 Å². The van der Waals surface area contributed by atoms with Crippen molar-refractivity contribution >= 4 is 40.2 Å². The highest BCUT2D eigenvalue weighted by Crippen LogP contribution is 2.29. The molecule has 0 fully saturated rings. The van der Waals surface area contributed by atoms with E-state index in [1.807, 2.05) is 19.9 Å². The number of aryl methyl sites for hydroxylation is 3. The Balaban J connectivity index is 1.82. The largest absolute Gasteiger partial charge is 0.462 e. The number of nitrogens with two attached hydrogens (primary N) is 1. The summed E-state index contributed by atoms with van der Waals surface area (Å²) in [6.45, 7) is 7.39. The minimum absolute atomic E-state index is 0.0659. The second kappa shape index (κ2) is 7.97. The summed E-state index contributed by atoms with van der Waals surface area (Å²) in [6, 6.07) is 1.81. The zero-order chi connectivity index (χ0) is 20.4. The Morgan fingerprint density at radius 1 is 1.18 bits per heavy atom. The Labute approximate surface area is 165 Å². The molecule has 0 spiro atoms. The third kappa shape index (κ3) is 3.70. The van der Waals surface area contributed by atoms with Gasteiger partial charge in [-0.2, -0.15) is 4.98 Å². The normalized spacial score (nSPS) is 11.0. The second-order valence-electron chi connectivity index (χ2n) is 6.11. The molecule has 0 unspecified atom stereocenters. The maximum atomic E-state index is 12.3. The molecule has 0 aromatic carbocycles. The maximum Gasteiger partial charge on any atom is 0.348 e. The first-order valence-corrected chi connectivity index (χ1v) is 9.66. The number of hydrogen-bond acceptors (Lipinski definition) is 9. The average Bonchev–Trinajstić information content (AvgIpc) is 3.19. The molecule has 0 aliphatic rings. The molecular weight excluding hydrogens is 382 g/mol. The summed E-state index contributed by atoms with van der Waals surface area (Å²) >= 11 is 1.41. The summed E-state index contributed by atoms with van der Waals surface area (Å²) < 4.78 is 15.9. The molecule has 0 saturated heterocycles. The van der Waals surface area contributed by atoms with Crippen molar-refractivity contribution < 1.29 is 23.5 Å². The molecule has 3 rings (SSSR count). The van der Waals surface area contributed by atoms with Crippen LogP contribution in [0.15, 0.2) is 10.5 Å². The Morgan fingerprint density at radius 2 is 1.93 bits per heavy atom. The molecule has 28 heavy (non-hydrogen) atoms. The number of furan rings is 1. The van der Waals surface area contributed by atoms with Gasteiger partial charge in [-0.15, -0.1) is 11.3 Å². The van der Waals surface area contributed by atoms with Gasteiger partial charge in [0.05, 0.1) is 12.0 Å². The number of nitrogens with zero attached hydrogens (tertiary/aromatic N) is 2. The number of thiophene rings is 1. The highest BCUT2D eigenvalue weighted by atomic mass is 32.1. The van der Waals surface area contributed by atoms with Gasteiger partial charge in [0.15, 0.2) is 12.4 Å². The average molecular weight is 403 g/mol. The highest BCUT2D eigenvalue weighted by molar-refractivity contribution is 7.14. The summed E-state index contributed by atoms with van der Waals surface area (Å²) in [5, 5.41) is 0.299. The van der Waals surface area contributed by atoms with Crippen LogP contribution in [0.2, 0.25) is 0 Å². The SMILES string of the molecule is CCOC(=O)c1c(C)oc2nc(COC(=O)c3cc(C)c(CC)s3)nc(N)c12. The number of esters is 2. The third-order valence-corrected chi connectivity index (χ3v) is 5.52. The van der Waals surface area contributed by atoms with E-state index in [4.69, 9.17) is 19.6 Å². The van der Waals surface area contributed by atoms with Gasteiger partial charge in [0.2, 0.25) is 5.71 Å². The fraction of sp³-hybridized carbons (Fsp3) is 0.368. The Morgan fingerprint density at radius 3 is 2.57 bits per heavy atom. The van der Waals surface area contributed by atoms with Crippen LogP contribution in [0.25, 0.3) is 11.1 Å². The lowest BCUT2D eigenvalue weighted by Crippen LogP contribution is -2.09. The number of anilines is 1. The van der Waals surface area contributed by atoms with Crippen molar-refractivity contribution in [3.05, 3.63) is 38.5 Å². The summed E-state index contributed by atoms with van der Waals surface area (Å²) in [5.74, 6) is -0.404. The van der Waals surface area contributed by atoms with E-state index in [0.717, 1.165) is 16.9 Å². The molecule has 2 N–H and O–H groups in total. The number of carbonyl (C=O) groups excluding carboxylic acids is 2. The topological polar surface area (TPSA) is 118 Å². The van der Waals surface area contributed by atoms with E-state index >= 15 is 0 Å². The molecule has 0 aliphatic carbocycles. The molecule has 9 heteroatoms. The van der Waals surface area contributed by atoms with Crippen molar-refractivity contribution in [2.24, 2.45) is 0 Å². The fourth-order valence-corrected chi connectivity index (χ4v) is 3.88. The van der Waals surface area contributed by atoms with Crippen molar-refractivity contribution in [3.63, 3.8) is 0 Å². The maximum absolute atomic E-state index is 12.3. The van der Waals surface area contributed by atoms with Gasteiger partial charge in [-0.25, -0.2) is 14.6 Å². The van der Waals surface area contributed by atoms with Crippen LogP contribution in [0.4, 0.5) is 5.82 Å². The molecule has 3 heterocycles. The summed E-state index contributed by atoms with van der Waals surface area (Å²) in [7, 11) is 0. The second-order valence-corrected chi connectivity index (χ2v) is 7.24. The molecule has 148 valence electrons. The van der Waals surface area contributed by atoms with Crippen LogP contribution in [0, 0.1) is 13.8 Å². The minimum Gasteiger partial charge on any atom is -0.462 e. The molecule has 0 amide bonds. The predicted molar refractivity (Wildman–Crippen MR) is 104 cm³/mol. The third-order valence-electron chi connectivity index (χ3n) is 4.16. The molecule has 8 nitrogen and oxygen atoms in total. The van der Waals surface area contributed by atoms with E-state index < -0.39 is 11.9 Å². The van der Waals surface area contributed by atoms with E-state index in [1.54, 1.807) is 13.8 Å². The van der Waals surface area contributed by atoms with Crippen molar-refractivity contribution in [1.29, 1.82) is 0 Å². The molecule has 0 radical (unpaired) electrons. The predicted octanol–water partition coefficient (Wildman–Crippen LogP) is 3.58. The van der Waals surface area contributed by atoms with E-state index in [-0.39, 0.29) is 36.1 Å². The van der Waals surface area contributed by atoms with Gasteiger partial charge in [0, 0.05) is 4.88 Å². The molecule has 3 aromatic rings. The van der Waals surface area contributed by atoms with Crippen molar-refractivity contribution in [2.75, 3.05) is 12.3 Å². The monoisotopic (exact) mass is 403 g/mol. The number of nitrogen functional groups attached to an aromatic ring is 1. The lowest BCUT2D eigenvalue weighted by molar-refractivity contribution is 0.0467. The summed E-state index contributed by atoms with van der Waals surface area (Å²) in [6.07, 6.45) is 0.862. The zero-order valence-electron chi connectivity index (χ0n) is 16.1. The van der Waals surface area contributed by atoms with Gasteiger partial charge in [-0.3, -0.25) is 0 Å². The number of rotatable bonds is 6. The number of carbonyl (C=O) groups is 2. The first-order valence-electron chi connectivity index (χ1n) is 8.84. The van der Waals surface area contributed by atoms with Gasteiger partial charge < -0.3 is 19.6 Å². The van der Waals surface area contributed by atoms with Crippen LogP contribution in [0.5, 0.6) is 0 Å². The number of ether oxygens (including phenoxy) is 2. The molecule has 0 saturated carbocycles. The molecule has 0 bridgehead atoms. The first-order chi connectivity index (χ1) is 13.3. The number of hydrogen-bond donors (Lipinski definition) is 1. The van der Waals surface area contributed by atoms with Crippen LogP contribution in [-0.4, -0.2) is 28.5 Å². The standard InChI is InChI=1S/C19H21N3O5S/c1-5-11-9(3)7-12(28-11)18(23)26-8-13-21-16(20)15-14(19(24)25-6-2)10(4)27-17(15)22-13/h7H,5-6,8H2,1-4H3,(H2,20,21,22). The Hall–Kier alpha value is -2.94. The van der Waals surface area contributed by atoms with Crippen molar-refractivity contribution in [3.8, 4) is 0 Å². The van der Waals surface area contributed by atoms with E-state index in [2.05, 4.69) is 9.97 Å². The molecule has 0 aliphatic heterocycles. The van der Waals surface area contributed by atoms with E-state index in [9.17, 15) is 9.59 Å². The Bertz CT molecular complexity index is 1050. The molecular formula is C19H21N3O5S. The first kappa shape index (κ1) is 19.8. The lowest BCUT2D eigenvalue weighted by Gasteiger charge is -2.05. The van der Waals surface area contributed by atoms with Crippen molar-refractivity contribution in [2.45, 2.75) is 40.7 Å². The Kier molecular flexibility index (Phi) is 5.64. The quantitative estimate of drug-likeness (QED) is 0.621. The lowest BCUT2D eigenvalue weighted by atomic mass is 10.2. The molecule has 0 atom stereocenters. The summed E-state index contributed by atoms with van der Waals surface area (Å²) in [4.78, 5) is 34.5. The number of aromatic nitrogens is 2. The smallest absolute Gasteiger partial charge is 0.348 e. The van der Waals surface area contributed by atoms with E-state index in [0.29, 0.717) is 16.0 Å².